The summed E-state index contributed by atoms with van der Waals surface area (Å²) in [5.74, 6) is 0.829. The van der Waals surface area contributed by atoms with E-state index in [1.54, 1.807) is 0 Å². The molecule has 5 heteroatoms. The average Bonchev–Trinajstić information content (AvgIpc) is 3.29. The molecular weight excluding hydrogens is 374 g/mol. The van der Waals surface area contributed by atoms with E-state index in [9.17, 15) is 9.59 Å². The summed E-state index contributed by atoms with van der Waals surface area (Å²) in [4.78, 5) is 29.1. The lowest BCUT2D eigenvalue weighted by atomic mass is 10.0. The molecule has 1 aliphatic carbocycles. The minimum absolute atomic E-state index is 0.0848. The number of piperazine rings is 1. The number of nitrogens with one attached hydrogen (secondary N) is 1. The first-order valence-corrected chi connectivity index (χ1v) is 11.1. The van der Waals surface area contributed by atoms with E-state index < -0.39 is 0 Å². The van der Waals surface area contributed by atoms with Crippen LogP contribution in [0, 0.1) is 5.92 Å². The first kappa shape index (κ1) is 20.5. The molecule has 3 amide bonds. The standard InChI is InChI=1S/C25H31N3O2/c29-24(19-21-10-4-5-11-21)27-14-16-28(17-15-27)25(30)26-23-13-7-6-12-22(23)18-20-8-2-1-3-9-20/h1-3,6-9,12-13,21H,4-5,10-11,14-19H2,(H,26,30). The van der Waals surface area contributed by atoms with Crippen molar-refractivity contribution >= 4 is 17.6 Å². The Morgan fingerprint density at radius 2 is 1.47 bits per heavy atom. The number of hydrogen-bond acceptors (Lipinski definition) is 2. The van der Waals surface area contributed by atoms with Crippen molar-refractivity contribution in [1.82, 2.24) is 9.80 Å². The molecule has 0 unspecified atom stereocenters. The van der Waals surface area contributed by atoms with E-state index in [-0.39, 0.29) is 11.9 Å². The maximum Gasteiger partial charge on any atom is 0.321 e. The molecule has 2 aromatic carbocycles. The predicted octanol–water partition coefficient (Wildman–Crippen LogP) is 4.53. The number of hydrogen-bond donors (Lipinski definition) is 1. The third-order valence-corrected chi connectivity index (χ3v) is 6.35. The highest BCUT2D eigenvalue weighted by Gasteiger charge is 2.27. The van der Waals surface area contributed by atoms with E-state index in [2.05, 4.69) is 23.5 Å². The van der Waals surface area contributed by atoms with Crippen LogP contribution in [-0.4, -0.2) is 47.9 Å². The molecule has 0 bridgehead atoms. The summed E-state index contributed by atoms with van der Waals surface area (Å²) in [6, 6.07) is 18.1. The lowest BCUT2D eigenvalue weighted by molar-refractivity contribution is -0.133. The van der Waals surface area contributed by atoms with Gasteiger partial charge in [0.1, 0.15) is 0 Å². The van der Waals surface area contributed by atoms with Gasteiger partial charge in [0, 0.05) is 38.3 Å². The number of para-hydroxylation sites is 1. The van der Waals surface area contributed by atoms with E-state index in [1.807, 2.05) is 46.2 Å². The van der Waals surface area contributed by atoms with Crippen LogP contribution in [0.3, 0.4) is 0 Å². The summed E-state index contributed by atoms with van der Waals surface area (Å²) in [7, 11) is 0. The van der Waals surface area contributed by atoms with Crippen LogP contribution in [0.25, 0.3) is 0 Å². The molecule has 5 nitrogen and oxygen atoms in total. The van der Waals surface area contributed by atoms with Crippen molar-refractivity contribution < 1.29 is 9.59 Å². The minimum atomic E-state index is -0.0848. The highest BCUT2D eigenvalue weighted by molar-refractivity contribution is 5.90. The molecule has 0 spiro atoms. The smallest absolute Gasteiger partial charge is 0.321 e. The van der Waals surface area contributed by atoms with Crippen LogP contribution in [-0.2, 0) is 11.2 Å². The van der Waals surface area contributed by atoms with Crippen LogP contribution in [0.1, 0.15) is 43.2 Å². The zero-order valence-corrected chi connectivity index (χ0v) is 17.6. The van der Waals surface area contributed by atoms with Crippen LogP contribution >= 0.6 is 0 Å². The summed E-state index contributed by atoms with van der Waals surface area (Å²) in [6.07, 6.45) is 6.36. The van der Waals surface area contributed by atoms with E-state index in [4.69, 9.17) is 0 Å². The van der Waals surface area contributed by atoms with Crippen LogP contribution < -0.4 is 5.32 Å². The van der Waals surface area contributed by atoms with Gasteiger partial charge in [-0.2, -0.15) is 0 Å². The molecule has 1 saturated heterocycles. The fraction of sp³-hybridized carbons (Fsp3) is 0.440. The number of benzene rings is 2. The molecule has 1 aliphatic heterocycles. The van der Waals surface area contributed by atoms with Gasteiger partial charge in [0.15, 0.2) is 0 Å². The zero-order valence-electron chi connectivity index (χ0n) is 17.6. The molecule has 158 valence electrons. The maximum atomic E-state index is 12.8. The van der Waals surface area contributed by atoms with Gasteiger partial charge < -0.3 is 15.1 Å². The first-order chi connectivity index (χ1) is 14.7. The lowest BCUT2D eigenvalue weighted by Crippen LogP contribution is -2.51. The molecule has 2 aliphatic rings. The van der Waals surface area contributed by atoms with Gasteiger partial charge in [-0.15, -0.1) is 0 Å². The maximum absolute atomic E-state index is 12.8. The second kappa shape index (κ2) is 9.79. The van der Waals surface area contributed by atoms with Gasteiger partial charge in [-0.3, -0.25) is 4.79 Å². The van der Waals surface area contributed by atoms with Gasteiger partial charge in [-0.05, 0) is 42.4 Å². The summed E-state index contributed by atoms with van der Waals surface area (Å²) in [5, 5.41) is 3.09. The molecule has 2 fully saturated rings. The zero-order chi connectivity index (χ0) is 20.8. The van der Waals surface area contributed by atoms with Gasteiger partial charge >= 0.3 is 6.03 Å². The first-order valence-electron chi connectivity index (χ1n) is 11.1. The van der Waals surface area contributed by atoms with Gasteiger partial charge in [-0.25, -0.2) is 4.79 Å². The van der Waals surface area contributed by atoms with Gasteiger partial charge in [-0.1, -0.05) is 61.4 Å². The Morgan fingerprint density at radius 3 is 2.20 bits per heavy atom. The number of anilines is 1. The number of carbonyl (C=O) groups is 2. The van der Waals surface area contributed by atoms with Crippen molar-refractivity contribution in [3.05, 3.63) is 65.7 Å². The van der Waals surface area contributed by atoms with E-state index in [0.29, 0.717) is 38.5 Å². The molecule has 4 rings (SSSR count). The second-order valence-electron chi connectivity index (χ2n) is 8.47. The number of urea groups is 1. The largest absolute Gasteiger partial charge is 0.339 e. The fourth-order valence-corrected chi connectivity index (χ4v) is 4.56. The van der Waals surface area contributed by atoms with E-state index in [0.717, 1.165) is 17.7 Å². The molecule has 1 saturated carbocycles. The third kappa shape index (κ3) is 5.21. The van der Waals surface area contributed by atoms with Crippen LogP contribution in [0.5, 0.6) is 0 Å². The Labute approximate surface area is 179 Å². The van der Waals surface area contributed by atoms with Crippen molar-refractivity contribution in [2.75, 3.05) is 31.5 Å². The van der Waals surface area contributed by atoms with Crippen molar-refractivity contribution in [1.29, 1.82) is 0 Å². The Hall–Kier alpha value is -2.82. The number of nitrogens with zero attached hydrogens (tertiary/aromatic N) is 2. The van der Waals surface area contributed by atoms with Crippen molar-refractivity contribution in [2.45, 2.75) is 38.5 Å². The molecule has 2 aromatic rings. The summed E-state index contributed by atoms with van der Waals surface area (Å²) >= 11 is 0. The van der Waals surface area contributed by atoms with Crippen molar-refractivity contribution in [2.24, 2.45) is 5.92 Å². The average molecular weight is 406 g/mol. The Morgan fingerprint density at radius 1 is 0.833 bits per heavy atom. The van der Waals surface area contributed by atoms with Gasteiger partial charge in [0.2, 0.25) is 5.91 Å². The van der Waals surface area contributed by atoms with Crippen molar-refractivity contribution in [3.8, 4) is 0 Å². The van der Waals surface area contributed by atoms with Crippen LogP contribution in [0.4, 0.5) is 10.5 Å². The monoisotopic (exact) mass is 405 g/mol. The third-order valence-electron chi connectivity index (χ3n) is 6.35. The van der Waals surface area contributed by atoms with Crippen LogP contribution in [0.15, 0.2) is 54.6 Å². The number of amides is 3. The second-order valence-corrected chi connectivity index (χ2v) is 8.47. The Kier molecular flexibility index (Phi) is 6.67. The van der Waals surface area contributed by atoms with E-state index in [1.165, 1.54) is 31.2 Å². The molecular formula is C25H31N3O2. The SMILES string of the molecule is O=C(CC1CCCC1)N1CCN(C(=O)Nc2ccccc2Cc2ccccc2)CC1. The molecule has 1 heterocycles. The molecule has 0 radical (unpaired) electrons. The minimum Gasteiger partial charge on any atom is -0.339 e. The molecule has 0 aromatic heterocycles. The lowest BCUT2D eigenvalue weighted by Gasteiger charge is -2.35. The molecule has 30 heavy (non-hydrogen) atoms. The van der Waals surface area contributed by atoms with E-state index >= 15 is 0 Å². The Balaban J connectivity index is 1.30. The van der Waals surface area contributed by atoms with Crippen LogP contribution in [0.2, 0.25) is 0 Å². The Bertz CT molecular complexity index is 854. The molecule has 1 N–H and O–H groups in total. The quantitative estimate of drug-likeness (QED) is 0.794. The predicted molar refractivity (Wildman–Crippen MR) is 119 cm³/mol. The van der Waals surface area contributed by atoms with Gasteiger partial charge in [0.25, 0.3) is 0 Å². The normalized spacial score (nSPS) is 17.2. The number of rotatable bonds is 5. The summed E-state index contributed by atoms with van der Waals surface area (Å²) in [5.41, 5.74) is 3.17. The number of carbonyl (C=O) groups excluding carboxylic acids is 2. The molecule has 0 atom stereocenters. The fourth-order valence-electron chi connectivity index (χ4n) is 4.56. The summed E-state index contributed by atoms with van der Waals surface area (Å²) in [6.45, 7) is 2.43. The van der Waals surface area contributed by atoms with Crippen molar-refractivity contribution in [3.63, 3.8) is 0 Å². The highest BCUT2D eigenvalue weighted by atomic mass is 16.2. The topological polar surface area (TPSA) is 52.7 Å². The highest BCUT2D eigenvalue weighted by Crippen LogP contribution is 2.28. The summed E-state index contributed by atoms with van der Waals surface area (Å²) < 4.78 is 0. The van der Waals surface area contributed by atoms with Gasteiger partial charge in [0.05, 0.1) is 0 Å².